The third-order valence-corrected chi connectivity index (χ3v) is 4.89. The standard InChI is InChI=1S/C19H25ClF3N3O2/c1-25(13-19(21,22)23)10-3-9-24-17(27)15-4-2-11-26(12-15)18(28)14-5-7-16(20)8-6-14/h5-8,15H,2-4,9-13H2,1H3,(H,24,27). The molecule has 0 bridgehead atoms. The van der Waals surface area contributed by atoms with E-state index in [1.54, 1.807) is 29.2 Å². The van der Waals surface area contributed by atoms with Crippen LogP contribution in [0.4, 0.5) is 13.2 Å². The van der Waals surface area contributed by atoms with E-state index in [9.17, 15) is 22.8 Å². The molecule has 1 aromatic rings. The Balaban J connectivity index is 1.76. The van der Waals surface area contributed by atoms with Crippen molar-refractivity contribution in [3.63, 3.8) is 0 Å². The molecule has 28 heavy (non-hydrogen) atoms. The summed E-state index contributed by atoms with van der Waals surface area (Å²) >= 11 is 5.84. The van der Waals surface area contributed by atoms with Crippen molar-refractivity contribution in [1.29, 1.82) is 0 Å². The third-order valence-electron chi connectivity index (χ3n) is 4.64. The lowest BCUT2D eigenvalue weighted by molar-refractivity contribution is -0.143. The fourth-order valence-corrected chi connectivity index (χ4v) is 3.37. The van der Waals surface area contributed by atoms with Crippen LogP contribution >= 0.6 is 11.6 Å². The number of halogens is 4. The number of hydrogen-bond acceptors (Lipinski definition) is 3. The van der Waals surface area contributed by atoms with Crippen molar-refractivity contribution in [3.8, 4) is 0 Å². The van der Waals surface area contributed by atoms with Gasteiger partial charge in [0.25, 0.3) is 5.91 Å². The van der Waals surface area contributed by atoms with Gasteiger partial charge in [0.05, 0.1) is 12.5 Å². The summed E-state index contributed by atoms with van der Waals surface area (Å²) in [6, 6.07) is 6.62. The SMILES string of the molecule is CN(CCCNC(=O)C1CCCN(C(=O)c2ccc(Cl)cc2)C1)CC(F)(F)F. The van der Waals surface area contributed by atoms with E-state index in [0.717, 1.165) is 6.42 Å². The molecule has 1 atom stereocenters. The number of amides is 2. The largest absolute Gasteiger partial charge is 0.401 e. The maximum atomic E-state index is 12.6. The molecule has 1 saturated heterocycles. The van der Waals surface area contributed by atoms with Gasteiger partial charge in [-0.05, 0) is 57.1 Å². The highest BCUT2D eigenvalue weighted by Crippen LogP contribution is 2.20. The second-order valence-electron chi connectivity index (χ2n) is 7.09. The van der Waals surface area contributed by atoms with E-state index in [-0.39, 0.29) is 24.3 Å². The zero-order valence-corrected chi connectivity index (χ0v) is 16.5. The van der Waals surface area contributed by atoms with Crippen molar-refractivity contribution in [2.75, 3.05) is 39.8 Å². The van der Waals surface area contributed by atoms with Gasteiger partial charge in [0.2, 0.25) is 5.91 Å². The van der Waals surface area contributed by atoms with Crippen LogP contribution in [-0.4, -0.2) is 67.6 Å². The van der Waals surface area contributed by atoms with Gasteiger partial charge < -0.3 is 10.2 Å². The van der Waals surface area contributed by atoms with Crippen molar-refractivity contribution in [2.24, 2.45) is 5.92 Å². The van der Waals surface area contributed by atoms with E-state index in [4.69, 9.17) is 11.6 Å². The van der Waals surface area contributed by atoms with Crippen LogP contribution in [0.5, 0.6) is 0 Å². The van der Waals surface area contributed by atoms with Gasteiger partial charge in [-0.25, -0.2) is 0 Å². The van der Waals surface area contributed by atoms with E-state index in [2.05, 4.69) is 5.32 Å². The number of carbonyl (C=O) groups is 2. The minimum Gasteiger partial charge on any atom is -0.356 e. The van der Waals surface area contributed by atoms with Crippen LogP contribution < -0.4 is 5.32 Å². The van der Waals surface area contributed by atoms with Gasteiger partial charge in [-0.2, -0.15) is 13.2 Å². The Bertz CT molecular complexity index is 667. The van der Waals surface area contributed by atoms with Gasteiger partial charge in [-0.3, -0.25) is 14.5 Å². The van der Waals surface area contributed by atoms with Crippen molar-refractivity contribution in [2.45, 2.75) is 25.4 Å². The van der Waals surface area contributed by atoms with Gasteiger partial charge in [0, 0.05) is 30.2 Å². The molecular weight excluding hydrogens is 395 g/mol. The quantitative estimate of drug-likeness (QED) is 0.690. The number of likely N-dealkylation sites (tertiary alicyclic amines) is 1. The molecule has 2 rings (SSSR count). The highest BCUT2D eigenvalue weighted by Gasteiger charge is 2.30. The van der Waals surface area contributed by atoms with Gasteiger partial charge in [-0.15, -0.1) is 0 Å². The minimum atomic E-state index is -4.22. The Kier molecular flexibility index (Phi) is 8.12. The average Bonchev–Trinajstić information content (AvgIpc) is 2.64. The maximum Gasteiger partial charge on any atom is 0.401 e. The lowest BCUT2D eigenvalue weighted by Gasteiger charge is -2.32. The van der Waals surface area contributed by atoms with E-state index in [1.807, 2.05) is 0 Å². The number of alkyl halides is 3. The molecule has 1 aliphatic rings. The van der Waals surface area contributed by atoms with Gasteiger partial charge in [0.1, 0.15) is 0 Å². The van der Waals surface area contributed by atoms with Crippen LogP contribution in [0.3, 0.4) is 0 Å². The first-order valence-corrected chi connectivity index (χ1v) is 9.61. The molecule has 2 amide bonds. The van der Waals surface area contributed by atoms with E-state index < -0.39 is 12.7 Å². The predicted octanol–water partition coefficient (Wildman–Crippen LogP) is 3.19. The van der Waals surface area contributed by atoms with Crippen molar-refractivity contribution >= 4 is 23.4 Å². The summed E-state index contributed by atoms with van der Waals surface area (Å²) in [6.07, 6.45) is -2.38. The first-order chi connectivity index (χ1) is 13.2. The van der Waals surface area contributed by atoms with E-state index >= 15 is 0 Å². The van der Waals surface area contributed by atoms with E-state index in [1.165, 1.54) is 11.9 Å². The molecule has 1 aliphatic heterocycles. The van der Waals surface area contributed by atoms with Crippen LogP contribution in [0.2, 0.25) is 5.02 Å². The molecule has 1 aromatic carbocycles. The number of hydrogen-bond donors (Lipinski definition) is 1. The summed E-state index contributed by atoms with van der Waals surface area (Å²) in [4.78, 5) is 27.8. The monoisotopic (exact) mass is 419 g/mol. The van der Waals surface area contributed by atoms with Crippen LogP contribution in [0.25, 0.3) is 0 Å². The van der Waals surface area contributed by atoms with Crippen LogP contribution in [-0.2, 0) is 4.79 Å². The summed E-state index contributed by atoms with van der Waals surface area (Å²) < 4.78 is 36.8. The lowest BCUT2D eigenvalue weighted by atomic mass is 9.96. The topological polar surface area (TPSA) is 52.7 Å². The van der Waals surface area contributed by atoms with Gasteiger partial charge in [0.15, 0.2) is 0 Å². The zero-order chi connectivity index (χ0) is 20.7. The Labute approximate surface area is 167 Å². The molecule has 1 heterocycles. The molecule has 5 nitrogen and oxygen atoms in total. The van der Waals surface area contributed by atoms with Crippen LogP contribution in [0, 0.1) is 5.92 Å². The third kappa shape index (κ3) is 7.31. The van der Waals surface area contributed by atoms with Crippen molar-refractivity contribution in [1.82, 2.24) is 15.1 Å². The first kappa shape index (κ1) is 22.5. The maximum absolute atomic E-state index is 12.6. The minimum absolute atomic E-state index is 0.136. The zero-order valence-electron chi connectivity index (χ0n) is 15.8. The summed E-state index contributed by atoms with van der Waals surface area (Å²) in [5, 5.41) is 3.32. The fraction of sp³-hybridized carbons (Fsp3) is 0.579. The smallest absolute Gasteiger partial charge is 0.356 e. The molecular formula is C19H25ClF3N3O2. The van der Waals surface area contributed by atoms with E-state index in [0.29, 0.717) is 43.1 Å². The molecule has 0 aliphatic carbocycles. The summed E-state index contributed by atoms with van der Waals surface area (Å²) in [7, 11) is 1.40. The van der Waals surface area contributed by atoms with Gasteiger partial charge >= 0.3 is 6.18 Å². The lowest BCUT2D eigenvalue weighted by Crippen LogP contribution is -2.45. The Morgan fingerprint density at radius 1 is 1.29 bits per heavy atom. The number of nitrogens with one attached hydrogen (secondary N) is 1. The highest BCUT2D eigenvalue weighted by atomic mass is 35.5. The molecule has 1 unspecified atom stereocenters. The van der Waals surface area contributed by atoms with Gasteiger partial charge in [-0.1, -0.05) is 11.6 Å². The Morgan fingerprint density at radius 3 is 2.61 bits per heavy atom. The molecule has 0 saturated carbocycles. The molecule has 1 fully saturated rings. The normalized spacial score (nSPS) is 17.6. The summed E-state index contributed by atoms with van der Waals surface area (Å²) in [5.41, 5.74) is 0.526. The number of carbonyl (C=O) groups excluding carboxylic acids is 2. The van der Waals surface area contributed by atoms with Crippen molar-refractivity contribution in [3.05, 3.63) is 34.9 Å². The molecule has 9 heteroatoms. The average molecular weight is 420 g/mol. The van der Waals surface area contributed by atoms with Crippen LogP contribution in [0.1, 0.15) is 29.6 Å². The van der Waals surface area contributed by atoms with Crippen molar-refractivity contribution < 1.29 is 22.8 Å². The summed E-state index contributed by atoms with van der Waals surface area (Å²) in [6.45, 7) is 0.508. The second kappa shape index (κ2) is 10.1. The first-order valence-electron chi connectivity index (χ1n) is 9.23. The molecule has 1 N–H and O–H groups in total. The predicted molar refractivity (Wildman–Crippen MR) is 101 cm³/mol. The number of rotatable bonds is 7. The fourth-order valence-electron chi connectivity index (χ4n) is 3.24. The summed E-state index contributed by atoms with van der Waals surface area (Å²) in [5.74, 6) is -0.604. The number of benzene rings is 1. The highest BCUT2D eigenvalue weighted by molar-refractivity contribution is 6.30. The molecule has 156 valence electrons. The Morgan fingerprint density at radius 2 is 1.96 bits per heavy atom. The Hall–Kier alpha value is -1.80. The molecule has 0 radical (unpaired) electrons. The number of piperidine rings is 1. The molecule has 0 aromatic heterocycles. The number of nitrogens with zero attached hydrogens (tertiary/aromatic N) is 2. The second-order valence-corrected chi connectivity index (χ2v) is 7.53. The molecule has 0 spiro atoms. The van der Waals surface area contributed by atoms with Crippen LogP contribution in [0.15, 0.2) is 24.3 Å².